The standard InChI is InChI=1S/C20H32O4/c1-17-10-15(22)20(11-17)8-5-12-18(2,13(20)9-14(17)21)6-4-7-19(12,3)16(23)24/h12-15,21-22H,4-11H2,1-3H3,(H,23,24)/t12-,13-,14-,15-,17+,18+,19+,20-/m0/s1. The number of carboxylic acid groups (broad SMARTS) is 1. The van der Waals surface area contributed by atoms with Crippen molar-refractivity contribution >= 4 is 5.97 Å². The minimum absolute atomic E-state index is 0.0860. The average molecular weight is 336 g/mol. The number of hydrogen-bond acceptors (Lipinski definition) is 3. The summed E-state index contributed by atoms with van der Waals surface area (Å²) < 4.78 is 0. The third-order valence-electron chi connectivity index (χ3n) is 9.17. The van der Waals surface area contributed by atoms with E-state index in [9.17, 15) is 20.1 Å². The highest BCUT2D eigenvalue weighted by molar-refractivity contribution is 5.75. The van der Waals surface area contributed by atoms with Gasteiger partial charge in [-0.3, -0.25) is 4.79 Å². The molecule has 24 heavy (non-hydrogen) atoms. The fourth-order valence-electron chi connectivity index (χ4n) is 7.94. The van der Waals surface area contributed by atoms with Gasteiger partial charge in [-0.15, -0.1) is 0 Å². The summed E-state index contributed by atoms with van der Waals surface area (Å²) in [7, 11) is 0. The number of aliphatic hydroxyl groups excluding tert-OH is 2. The van der Waals surface area contributed by atoms with Crippen LogP contribution < -0.4 is 0 Å². The quantitative estimate of drug-likeness (QED) is 0.687. The molecule has 0 heterocycles. The van der Waals surface area contributed by atoms with Crippen molar-refractivity contribution in [2.45, 2.75) is 84.3 Å². The molecule has 3 N–H and O–H groups in total. The van der Waals surface area contributed by atoms with Gasteiger partial charge >= 0.3 is 5.97 Å². The van der Waals surface area contributed by atoms with Crippen molar-refractivity contribution in [3.63, 3.8) is 0 Å². The number of carboxylic acids is 1. The van der Waals surface area contributed by atoms with Crippen LogP contribution in [-0.2, 0) is 4.79 Å². The van der Waals surface area contributed by atoms with Crippen LogP contribution in [0, 0.1) is 33.5 Å². The van der Waals surface area contributed by atoms with Gasteiger partial charge in [-0.2, -0.15) is 0 Å². The van der Waals surface area contributed by atoms with E-state index in [-0.39, 0.29) is 40.3 Å². The van der Waals surface area contributed by atoms with Crippen molar-refractivity contribution < 1.29 is 20.1 Å². The first-order chi connectivity index (χ1) is 11.1. The number of carbonyl (C=O) groups is 1. The summed E-state index contributed by atoms with van der Waals surface area (Å²) in [5.41, 5.74) is -1.01. The van der Waals surface area contributed by atoms with Crippen LogP contribution in [0.25, 0.3) is 0 Å². The fraction of sp³-hybridized carbons (Fsp3) is 0.950. The molecular formula is C20H32O4. The summed E-state index contributed by atoms with van der Waals surface area (Å²) in [6, 6.07) is 0. The number of fused-ring (bicyclic) bond motifs is 3. The zero-order chi connectivity index (χ0) is 17.5. The van der Waals surface area contributed by atoms with E-state index in [1.807, 2.05) is 6.92 Å². The van der Waals surface area contributed by atoms with Crippen molar-refractivity contribution in [2.24, 2.45) is 33.5 Å². The van der Waals surface area contributed by atoms with Gasteiger partial charge in [-0.1, -0.05) is 20.3 Å². The summed E-state index contributed by atoms with van der Waals surface area (Å²) in [6.07, 6.45) is 6.15. The molecule has 4 rings (SSSR count). The van der Waals surface area contributed by atoms with Crippen LogP contribution in [0.15, 0.2) is 0 Å². The minimum atomic E-state index is -0.664. The first-order valence-corrected chi connectivity index (χ1v) is 9.68. The molecule has 0 aromatic rings. The summed E-state index contributed by atoms with van der Waals surface area (Å²) in [6.45, 7) is 6.33. The van der Waals surface area contributed by atoms with Crippen LogP contribution in [-0.4, -0.2) is 33.5 Å². The third-order valence-corrected chi connectivity index (χ3v) is 9.17. The molecular weight excluding hydrogens is 304 g/mol. The molecule has 8 atom stereocenters. The Bertz CT molecular complexity index is 576. The van der Waals surface area contributed by atoms with Gasteiger partial charge in [0.05, 0.1) is 17.6 Å². The maximum absolute atomic E-state index is 12.1. The number of aliphatic carboxylic acids is 1. The van der Waals surface area contributed by atoms with E-state index in [0.29, 0.717) is 6.42 Å². The molecule has 4 aliphatic carbocycles. The fourth-order valence-corrected chi connectivity index (χ4v) is 7.94. The second-order valence-electron chi connectivity index (χ2n) is 10.3. The van der Waals surface area contributed by atoms with E-state index in [1.54, 1.807) is 0 Å². The van der Waals surface area contributed by atoms with E-state index >= 15 is 0 Å². The Morgan fingerprint density at radius 1 is 1.00 bits per heavy atom. The third kappa shape index (κ3) is 1.79. The molecule has 0 unspecified atom stereocenters. The summed E-state index contributed by atoms with van der Waals surface area (Å²) in [5, 5.41) is 31.7. The summed E-state index contributed by atoms with van der Waals surface area (Å²) in [4.78, 5) is 12.1. The molecule has 0 radical (unpaired) electrons. The lowest BCUT2D eigenvalue weighted by Gasteiger charge is -2.64. The van der Waals surface area contributed by atoms with Crippen molar-refractivity contribution in [1.29, 1.82) is 0 Å². The van der Waals surface area contributed by atoms with Gasteiger partial charge in [0.15, 0.2) is 0 Å². The van der Waals surface area contributed by atoms with Gasteiger partial charge in [0, 0.05) is 5.41 Å². The predicted molar refractivity (Wildman–Crippen MR) is 90.3 cm³/mol. The second kappa shape index (κ2) is 4.76. The Hall–Kier alpha value is -0.610. The van der Waals surface area contributed by atoms with Crippen LogP contribution in [0.1, 0.15) is 72.1 Å². The topological polar surface area (TPSA) is 77.8 Å². The van der Waals surface area contributed by atoms with Gasteiger partial charge in [0.1, 0.15) is 0 Å². The lowest BCUT2D eigenvalue weighted by molar-refractivity contribution is -0.202. The van der Waals surface area contributed by atoms with Gasteiger partial charge < -0.3 is 15.3 Å². The van der Waals surface area contributed by atoms with E-state index < -0.39 is 11.4 Å². The zero-order valence-corrected chi connectivity index (χ0v) is 15.2. The Morgan fingerprint density at radius 2 is 1.71 bits per heavy atom. The van der Waals surface area contributed by atoms with E-state index in [1.165, 1.54) is 0 Å². The first kappa shape index (κ1) is 16.8. The zero-order valence-electron chi connectivity index (χ0n) is 15.2. The Balaban J connectivity index is 1.79. The molecule has 0 amide bonds. The normalized spacial score (nSPS) is 59.5. The van der Waals surface area contributed by atoms with E-state index in [2.05, 4.69) is 13.8 Å². The lowest BCUT2D eigenvalue weighted by Crippen LogP contribution is -2.61. The van der Waals surface area contributed by atoms with Crippen molar-refractivity contribution in [3.05, 3.63) is 0 Å². The van der Waals surface area contributed by atoms with Crippen LogP contribution in [0.3, 0.4) is 0 Å². The highest BCUT2D eigenvalue weighted by Gasteiger charge is 2.70. The molecule has 2 bridgehead atoms. The van der Waals surface area contributed by atoms with Crippen LogP contribution in [0.5, 0.6) is 0 Å². The van der Waals surface area contributed by atoms with Crippen molar-refractivity contribution in [1.82, 2.24) is 0 Å². The van der Waals surface area contributed by atoms with Gasteiger partial charge in [0.25, 0.3) is 0 Å². The average Bonchev–Trinajstić information content (AvgIpc) is 2.70. The van der Waals surface area contributed by atoms with E-state index in [4.69, 9.17) is 0 Å². The maximum Gasteiger partial charge on any atom is 0.309 e. The highest BCUT2D eigenvalue weighted by atomic mass is 16.4. The van der Waals surface area contributed by atoms with Gasteiger partial charge in [-0.25, -0.2) is 0 Å². The molecule has 4 saturated carbocycles. The monoisotopic (exact) mass is 336 g/mol. The molecule has 4 heteroatoms. The molecule has 4 nitrogen and oxygen atoms in total. The molecule has 0 aliphatic heterocycles. The maximum atomic E-state index is 12.1. The molecule has 0 saturated heterocycles. The van der Waals surface area contributed by atoms with Crippen LogP contribution in [0.2, 0.25) is 0 Å². The Kier molecular flexibility index (Phi) is 3.34. The number of rotatable bonds is 1. The molecule has 136 valence electrons. The Labute approximate surface area is 144 Å². The smallest absolute Gasteiger partial charge is 0.309 e. The largest absolute Gasteiger partial charge is 0.481 e. The van der Waals surface area contributed by atoms with Crippen molar-refractivity contribution in [3.8, 4) is 0 Å². The van der Waals surface area contributed by atoms with Gasteiger partial charge in [0.2, 0.25) is 0 Å². The number of hydrogen-bond donors (Lipinski definition) is 3. The number of aliphatic hydroxyl groups is 2. The highest BCUT2D eigenvalue weighted by Crippen LogP contribution is 2.73. The predicted octanol–water partition coefficient (Wildman–Crippen LogP) is 3.21. The summed E-state index contributed by atoms with van der Waals surface area (Å²) >= 11 is 0. The Morgan fingerprint density at radius 3 is 2.38 bits per heavy atom. The van der Waals surface area contributed by atoms with E-state index in [0.717, 1.165) is 44.9 Å². The molecule has 0 aromatic heterocycles. The van der Waals surface area contributed by atoms with Crippen molar-refractivity contribution in [2.75, 3.05) is 0 Å². The minimum Gasteiger partial charge on any atom is -0.481 e. The SMILES string of the molecule is C[C@]12C[C@H](O)[C@@]3(CC[C@H]4[C@@](C)(CCC[C@@]4(C)C(=O)O)[C@@H]3C[C@@H]1O)C2. The van der Waals surface area contributed by atoms with Crippen LogP contribution in [0.4, 0.5) is 0 Å². The van der Waals surface area contributed by atoms with Crippen LogP contribution >= 0.6 is 0 Å². The molecule has 0 aromatic carbocycles. The second-order valence-corrected chi connectivity index (χ2v) is 10.3. The first-order valence-electron chi connectivity index (χ1n) is 9.68. The van der Waals surface area contributed by atoms with Gasteiger partial charge in [-0.05, 0) is 74.5 Å². The molecule has 1 spiro atoms. The molecule has 4 fully saturated rings. The molecule has 4 aliphatic rings. The summed E-state index contributed by atoms with van der Waals surface area (Å²) in [5.74, 6) is -0.276. The lowest BCUT2D eigenvalue weighted by atomic mass is 9.40.